The number of nitrogens with zero attached hydrogens (tertiary/aromatic N) is 1. The fourth-order valence-corrected chi connectivity index (χ4v) is 1.32. The highest BCUT2D eigenvalue weighted by molar-refractivity contribution is 5.78. The van der Waals surface area contributed by atoms with Gasteiger partial charge in [0.1, 0.15) is 5.54 Å². The Labute approximate surface area is 86.3 Å². The summed E-state index contributed by atoms with van der Waals surface area (Å²) >= 11 is 0. The maximum atomic E-state index is 11.0. The lowest BCUT2D eigenvalue weighted by molar-refractivity contribution is -0.144. The number of carboxylic acid groups (broad SMARTS) is 1. The van der Waals surface area contributed by atoms with Crippen molar-refractivity contribution in [1.82, 2.24) is 10.2 Å². The van der Waals surface area contributed by atoms with E-state index in [4.69, 9.17) is 5.11 Å². The highest BCUT2D eigenvalue weighted by Gasteiger charge is 2.33. The van der Waals surface area contributed by atoms with Gasteiger partial charge in [0, 0.05) is 12.6 Å². The van der Waals surface area contributed by atoms with Crippen molar-refractivity contribution in [2.75, 3.05) is 20.1 Å². The number of carboxylic acids is 1. The van der Waals surface area contributed by atoms with Crippen molar-refractivity contribution in [3.05, 3.63) is 0 Å². The second-order valence-corrected chi connectivity index (χ2v) is 4.04. The molecule has 0 aromatic rings. The first-order valence-corrected chi connectivity index (χ1v) is 5.03. The molecule has 0 spiro atoms. The highest BCUT2D eigenvalue weighted by atomic mass is 16.4. The van der Waals surface area contributed by atoms with Crippen LogP contribution in [0.1, 0.15) is 27.7 Å². The van der Waals surface area contributed by atoms with E-state index in [-0.39, 0.29) is 0 Å². The normalized spacial score (nSPS) is 15.9. The van der Waals surface area contributed by atoms with E-state index in [1.807, 2.05) is 6.92 Å². The summed E-state index contributed by atoms with van der Waals surface area (Å²) < 4.78 is 0. The zero-order valence-corrected chi connectivity index (χ0v) is 9.79. The summed E-state index contributed by atoms with van der Waals surface area (Å²) in [6, 6.07) is 0.368. The molecule has 0 aromatic carbocycles. The molecular weight excluding hydrogens is 180 g/mol. The van der Waals surface area contributed by atoms with Crippen LogP contribution in [-0.2, 0) is 4.79 Å². The van der Waals surface area contributed by atoms with Crippen LogP contribution in [0.25, 0.3) is 0 Å². The minimum atomic E-state index is -0.861. The summed E-state index contributed by atoms with van der Waals surface area (Å²) in [5.74, 6) is -0.806. The van der Waals surface area contributed by atoms with Crippen molar-refractivity contribution < 1.29 is 9.90 Å². The first-order chi connectivity index (χ1) is 6.37. The van der Waals surface area contributed by atoms with Crippen molar-refractivity contribution in [3.63, 3.8) is 0 Å². The van der Waals surface area contributed by atoms with Crippen LogP contribution in [-0.4, -0.2) is 47.7 Å². The number of hydrogen-bond donors (Lipinski definition) is 2. The number of aliphatic carboxylic acids is 1. The number of carbonyl (C=O) groups is 1. The van der Waals surface area contributed by atoms with Crippen molar-refractivity contribution >= 4 is 5.97 Å². The van der Waals surface area contributed by atoms with E-state index in [2.05, 4.69) is 24.1 Å². The third-order valence-corrected chi connectivity index (χ3v) is 2.68. The average molecular weight is 202 g/mol. The molecule has 4 nitrogen and oxygen atoms in total. The standard InChI is InChI=1S/C10H22N2O2/c1-6-12(8(2)3)7-10(4,11-5)9(13)14/h8,11H,6-7H2,1-5H3,(H,13,14). The van der Waals surface area contributed by atoms with Gasteiger partial charge >= 0.3 is 5.97 Å². The van der Waals surface area contributed by atoms with E-state index in [0.29, 0.717) is 12.6 Å². The van der Waals surface area contributed by atoms with Crippen LogP contribution >= 0.6 is 0 Å². The van der Waals surface area contributed by atoms with E-state index in [1.165, 1.54) is 0 Å². The molecular formula is C10H22N2O2. The average Bonchev–Trinajstić information content (AvgIpc) is 2.12. The molecule has 0 bridgehead atoms. The molecule has 1 atom stereocenters. The molecule has 0 heterocycles. The second-order valence-electron chi connectivity index (χ2n) is 4.04. The van der Waals surface area contributed by atoms with Gasteiger partial charge in [-0.05, 0) is 34.4 Å². The Morgan fingerprint density at radius 1 is 1.57 bits per heavy atom. The van der Waals surface area contributed by atoms with Gasteiger partial charge in [0.25, 0.3) is 0 Å². The molecule has 0 aliphatic carbocycles. The molecule has 1 unspecified atom stereocenters. The minimum Gasteiger partial charge on any atom is -0.480 e. The van der Waals surface area contributed by atoms with E-state index >= 15 is 0 Å². The Bertz CT molecular complexity index is 195. The quantitative estimate of drug-likeness (QED) is 0.668. The van der Waals surface area contributed by atoms with Gasteiger partial charge in [0.15, 0.2) is 0 Å². The minimum absolute atomic E-state index is 0.368. The van der Waals surface area contributed by atoms with E-state index in [1.54, 1.807) is 14.0 Å². The molecule has 0 fully saturated rings. The number of rotatable bonds is 6. The number of nitrogens with one attached hydrogen (secondary N) is 1. The van der Waals surface area contributed by atoms with Crippen LogP contribution in [0.4, 0.5) is 0 Å². The summed E-state index contributed by atoms with van der Waals surface area (Å²) in [6.07, 6.45) is 0. The molecule has 0 aliphatic rings. The Morgan fingerprint density at radius 3 is 2.29 bits per heavy atom. The first kappa shape index (κ1) is 13.4. The molecule has 4 heteroatoms. The molecule has 2 N–H and O–H groups in total. The van der Waals surface area contributed by atoms with Crippen LogP contribution in [0.2, 0.25) is 0 Å². The third-order valence-electron chi connectivity index (χ3n) is 2.68. The second kappa shape index (κ2) is 5.32. The van der Waals surface area contributed by atoms with Gasteiger partial charge in [-0.1, -0.05) is 6.92 Å². The molecule has 0 aromatic heterocycles. The maximum Gasteiger partial charge on any atom is 0.324 e. The van der Waals surface area contributed by atoms with Gasteiger partial charge in [-0.2, -0.15) is 0 Å². The Hall–Kier alpha value is -0.610. The van der Waals surface area contributed by atoms with E-state index in [0.717, 1.165) is 6.54 Å². The Morgan fingerprint density at radius 2 is 2.07 bits per heavy atom. The van der Waals surface area contributed by atoms with Gasteiger partial charge < -0.3 is 10.4 Å². The van der Waals surface area contributed by atoms with Crippen molar-refractivity contribution in [2.24, 2.45) is 0 Å². The fraction of sp³-hybridized carbons (Fsp3) is 0.900. The van der Waals surface area contributed by atoms with E-state index < -0.39 is 11.5 Å². The highest BCUT2D eigenvalue weighted by Crippen LogP contribution is 2.09. The van der Waals surface area contributed by atoms with Gasteiger partial charge in [0.05, 0.1) is 0 Å². The van der Waals surface area contributed by atoms with Crippen molar-refractivity contribution in [2.45, 2.75) is 39.3 Å². The van der Waals surface area contributed by atoms with Crippen molar-refractivity contribution in [1.29, 1.82) is 0 Å². The summed E-state index contributed by atoms with van der Waals surface area (Å²) in [4.78, 5) is 13.2. The zero-order valence-electron chi connectivity index (χ0n) is 9.79. The van der Waals surface area contributed by atoms with Crippen LogP contribution in [0, 0.1) is 0 Å². The maximum absolute atomic E-state index is 11.0. The van der Waals surface area contributed by atoms with Crippen LogP contribution in [0.5, 0.6) is 0 Å². The largest absolute Gasteiger partial charge is 0.480 e. The topological polar surface area (TPSA) is 52.6 Å². The SMILES string of the molecule is CCN(CC(C)(NC)C(=O)O)C(C)C. The first-order valence-electron chi connectivity index (χ1n) is 5.03. The Kier molecular flexibility index (Phi) is 5.08. The van der Waals surface area contributed by atoms with Gasteiger partial charge in [-0.3, -0.25) is 9.69 Å². The monoisotopic (exact) mass is 202 g/mol. The van der Waals surface area contributed by atoms with E-state index in [9.17, 15) is 4.79 Å². The molecule has 0 amide bonds. The predicted molar refractivity (Wildman–Crippen MR) is 57.5 cm³/mol. The number of likely N-dealkylation sites (N-methyl/N-ethyl adjacent to an activating group) is 2. The fourth-order valence-electron chi connectivity index (χ4n) is 1.32. The Balaban J connectivity index is 4.50. The molecule has 14 heavy (non-hydrogen) atoms. The summed E-state index contributed by atoms with van der Waals surface area (Å²) in [5, 5.41) is 11.9. The smallest absolute Gasteiger partial charge is 0.324 e. The van der Waals surface area contributed by atoms with Crippen LogP contribution in [0.3, 0.4) is 0 Å². The van der Waals surface area contributed by atoms with Gasteiger partial charge in [0.2, 0.25) is 0 Å². The van der Waals surface area contributed by atoms with Crippen LogP contribution in [0.15, 0.2) is 0 Å². The molecule has 0 saturated carbocycles. The molecule has 84 valence electrons. The molecule has 0 saturated heterocycles. The van der Waals surface area contributed by atoms with Crippen LogP contribution < -0.4 is 5.32 Å². The summed E-state index contributed by atoms with van der Waals surface area (Å²) in [7, 11) is 1.68. The number of hydrogen-bond acceptors (Lipinski definition) is 3. The van der Waals surface area contributed by atoms with Gasteiger partial charge in [-0.25, -0.2) is 0 Å². The van der Waals surface area contributed by atoms with Crippen molar-refractivity contribution in [3.8, 4) is 0 Å². The predicted octanol–water partition coefficient (Wildman–Crippen LogP) is 0.779. The molecule has 0 rings (SSSR count). The lowest BCUT2D eigenvalue weighted by Crippen LogP contribution is -2.56. The van der Waals surface area contributed by atoms with Gasteiger partial charge in [-0.15, -0.1) is 0 Å². The lowest BCUT2D eigenvalue weighted by atomic mass is 10.0. The summed E-state index contributed by atoms with van der Waals surface area (Å²) in [6.45, 7) is 9.27. The molecule has 0 aliphatic heterocycles. The summed E-state index contributed by atoms with van der Waals surface area (Å²) in [5.41, 5.74) is -0.861. The molecule has 0 radical (unpaired) electrons. The lowest BCUT2D eigenvalue weighted by Gasteiger charge is -2.33. The third kappa shape index (κ3) is 3.27. The zero-order chi connectivity index (χ0) is 11.4.